The molecule has 164 valence electrons. The Labute approximate surface area is 182 Å². The number of carbonyl (C=O) groups is 1. The Morgan fingerprint density at radius 2 is 1.74 bits per heavy atom. The fourth-order valence-corrected chi connectivity index (χ4v) is 4.72. The number of hydrogen-bond donors (Lipinski definition) is 2. The molecule has 0 spiro atoms. The highest BCUT2D eigenvalue weighted by Gasteiger charge is 2.38. The molecular formula is C20H20F2N4O3S2. The van der Waals surface area contributed by atoms with Crippen LogP contribution in [0.5, 0.6) is 0 Å². The Balaban J connectivity index is 1.71. The molecule has 0 bridgehead atoms. The fraction of sp³-hybridized carbons (Fsp3) is 0.200. The molecule has 0 aliphatic rings. The molecule has 0 unspecified atom stereocenters. The van der Waals surface area contributed by atoms with Gasteiger partial charge in [0, 0.05) is 11.9 Å². The normalized spacial score (nSPS) is 12.1. The average molecular weight is 467 g/mol. The second-order valence-corrected chi connectivity index (χ2v) is 10.0. The van der Waals surface area contributed by atoms with Crippen LogP contribution in [0.4, 0.5) is 25.0 Å². The van der Waals surface area contributed by atoms with Gasteiger partial charge in [0.1, 0.15) is 16.4 Å². The summed E-state index contributed by atoms with van der Waals surface area (Å²) < 4.78 is 50.8. The molecule has 2 aromatic carbocycles. The number of carbonyl (C=O) groups excluding carboxylic acids is 1. The number of hydrogen-bond acceptors (Lipinski definition) is 5. The van der Waals surface area contributed by atoms with Crippen LogP contribution < -0.4 is 10.6 Å². The summed E-state index contributed by atoms with van der Waals surface area (Å²) in [4.78, 5) is 16.9. The molecule has 11 heteroatoms. The third kappa shape index (κ3) is 5.24. The molecule has 2 amide bonds. The first kappa shape index (κ1) is 22.8. The molecular weight excluding hydrogens is 446 g/mol. The molecule has 0 atom stereocenters. The van der Waals surface area contributed by atoms with Gasteiger partial charge in [-0.15, -0.1) is 15.8 Å². The number of aromatic nitrogens is 1. The number of amides is 2. The number of thiazole rings is 1. The van der Waals surface area contributed by atoms with Crippen molar-refractivity contribution in [3.05, 3.63) is 65.6 Å². The van der Waals surface area contributed by atoms with Crippen molar-refractivity contribution in [2.75, 3.05) is 16.9 Å². The monoisotopic (exact) mass is 466 g/mol. The standard InChI is InChI=1S/C20H20F2N4O3S2/c1-20(2,26(22)31(3,28)29)18-23-12-17(30-18)13-8-10-14(11-9-13)24-19(27)25-16-7-5-4-6-15(16)21/h4-12H,1-3H3,(H2,24,25,27). The first-order valence-electron chi connectivity index (χ1n) is 9.04. The maximum absolute atomic E-state index is 14.3. The Morgan fingerprint density at radius 3 is 2.35 bits per heavy atom. The van der Waals surface area contributed by atoms with Crippen LogP contribution in [0, 0.1) is 5.82 Å². The zero-order chi connectivity index (χ0) is 22.8. The second kappa shape index (κ2) is 8.69. The lowest BCUT2D eigenvalue weighted by atomic mass is 10.1. The van der Waals surface area contributed by atoms with Crippen molar-refractivity contribution >= 4 is 38.8 Å². The van der Waals surface area contributed by atoms with Crippen LogP contribution in [0.15, 0.2) is 54.7 Å². The van der Waals surface area contributed by atoms with Gasteiger partial charge in [0.15, 0.2) is 0 Å². The Bertz CT molecular complexity index is 1200. The van der Waals surface area contributed by atoms with Gasteiger partial charge >= 0.3 is 6.03 Å². The van der Waals surface area contributed by atoms with Gasteiger partial charge in [-0.3, -0.25) is 0 Å². The van der Waals surface area contributed by atoms with E-state index >= 15 is 0 Å². The summed E-state index contributed by atoms with van der Waals surface area (Å²) in [6.45, 7) is 2.86. The quantitative estimate of drug-likeness (QED) is 0.502. The Kier molecular flexibility index (Phi) is 6.39. The van der Waals surface area contributed by atoms with E-state index in [2.05, 4.69) is 15.6 Å². The summed E-state index contributed by atoms with van der Waals surface area (Å²) in [5, 5.41) is 5.32. The Morgan fingerprint density at radius 1 is 1.10 bits per heavy atom. The van der Waals surface area contributed by atoms with E-state index in [1.54, 1.807) is 30.3 Å². The predicted molar refractivity (Wildman–Crippen MR) is 117 cm³/mol. The van der Waals surface area contributed by atoms with Crippen molar-refractivity contribution in [1.82, 2.24) is 9.51 Å². The van der Waals surface area contributed by atoms with E-state index < -0.39 is 27.4 Å². The van der Waals surface area contributed by atoms with Crippen LogP contribution >= 0.6 is 11.3 Å². The van der Waals surface area contributed by atoms with E-state index in [9.17, 15) is 22.1 Å². The highest BCUT2D eigenvalue weighted by atomic mass is 32.2. The molecule has 0 saturated carbocycles. The molecule has 3 rings (SSSR count). The molecule has 0 fully saturated rings. The van der Waals surface area contributed by atoms with Gasteiger partial charge < -0.3 is 10.6 Å². The highest BCUT2D eigenvalue weighted by Crippen LogP contribution is 2.36. The van der Waals surface area contributed by atoms with E-state index in [4.69, 9.17) is 0 Å². The lowest BCUT2D eigenvalue weighted by Crippen LogP contribution is -2.39. The molecule has 0 aliphatic heterocycles. The summed E-state index contributed by atoms with van der Waals surface area (Å²) in [6, 6.07) is 12.0. The van der Waals surface area contributed by atoms with Gasteiger partial charge in [-0.25, -0.2) is 22.6 Å². The minimum Gasteiger partial charge on any atom is -0.308 e. The number of rotatable bonds is 6. The number of anilines is 2. The largest absolute Gasteiger partial charge is 0.323 e. The number of benzene rings is 2. The van der Waals surface area contributed by atoms with Crippen LogP contribution in [0.3, 0.4) is 0 Å². The summed E-state index contributed by atoms with van der Waals surface area (Å²) in [7, 11) is -4.04. The molecule has 1 aromatic heterocycles. The molecule has 0 saturated heterocycles. The van der Waals surface area contributed by atoms with Crippen LogP contribution in [0.25, 0.3) is 10.4 Å². The van der Waals surface area contributed by atoms with E-state index in [1.165, 1.54) is 38.2 Å². The average Bonchev–Trinajstić information content (AvgIpc) is 3.20. The number of nitrogens with zero attached hydrogens (tertiary/aromatic N) is 2. The summed E-state index contributed by atoms with van der Waals surface area (Å²) in [5.41, 5.74) is -0.158. The molecule has 0 aliphatic carbocycles. The maximum Gasteiger partial charge on any atom is 0.323 e. The molecule has 1 heterocycles. The first-order valence-corrected chi connectivity index (χ1v) is 11.7. The molecule has 7 nitrogen and oxygen atoms in total. The first-order chi connectivity index (χ1) is 14.5. The highest BCUT2D eigenvalue weighted by molar-refractivity contribution is 7.88. The Hall–Kier alpha value is -2.89. The van der Waals surface area contributed by atoms with Crippen LogP contribution in [0.2, 0.25) is 0 Å². The number of urea groups is 1. The van der Waals surface area contributed by atoms with Crippen LogP contribution in [-0.4, -0.2) is 30.2 Å². The third-order valence-electron chi connectivity index (χ3n) is 4.31. The van der Waals surface area contributed by atoms with Crippen molar-refractivity contribution in [1.29, 1.82) is 0 Å². The lowest BCUT2D eigenvalue weighted by Gasteiger charge is -2.26. The number of sulfonamides is 1. The minimum atomic E-state index is -4.04. The molecule has 3 aromatic rings. The van der Waals surface area contributed by atoms with Crippen molar-refractivity contribution in [3.63, 3.8) is 0 Å². The van der Waals surface area contributed by atoms with Crippen molar-refractivity contribution in [2.24, 2.45) is 0 Å². The minimum absolute atomic E-state index is 0.0624. The van der Waals surface area contributed by atoms with E-state index in [1.807, 2.05) is 0 Å². The zero-order valence-corrected chi connectivity index (χ0v) is 18.5. The van der Waals surface area contributed by atoms with E-state index in [0.29, 0.717) is 15.6 Å². The van der Waals surface area contributed by atoms with Gasteiger partial charge in [-0.1, -0.05) is 24.3 Å². The summed E-state index contributed by atoms with van der Waals surface area (Å²) in [6.07, 6.45) is 2.32. The predicted octanol–water partition coefficient (Wildman–Crippen LogP) is 4.97. The van der Waals surface area contributed by atoms with Gasteiger partial charge in [0.2, 0.25) is 10.0 Å². The van der Waals surface area contributed by atoms with Crippen LogP contribution in [0.1, 0.15) is 18.9 Å². The van der Waals surface area contributed by atoms with Crippen LogP contribution in [-0.2, 0) is 15.6 Å². The fourth-order valence-electron chi connectivity index (χ4n) is 2.75. The second-order valence-electron chi connectivity index (χ2n) is 7.20. The molecule has 2 N–H and O–H groups in total. The number of halogens is 2. The smallest absolute Gasteiger partial charge is 0.308 e. The van der Waals surface area contributed by atoms with Crippen molar-refractivity contribution < 1.29 is 22.1 Å². The molecule has 31 heavy (non-hydrogen) atoms. The SMILES string of the molecule is CC(C)(c1ncc(-c2ccc(NC(=O)Nc3ccccc3F)cc2)s1)N(F)S(C)(=O)=O. The van der Waals surface area contributed by atoms with E-state index in [0.717, 1.165) is 23.2 Å². The third-order valence-corrected chi connectivity index (χ3v) is 6.71. The zero-order valence-electron chi connectivity index (χ0n) is 16.9. The number of nitrogens with one attached hydrogen (secondary N) is 2. The topological polar surface area (TPSA) is 91.4 Å². The van der Waals surface area contributed by atoms with Gasteiger partial charge in [-0.05, 0) is 48.2 Å². The molecule has 0 radical (unpaired) electrons. The van der Waals surface area contributed by atoms with Crippen molar-refractivity contribution in [2.45, 2.75) is 19.4 Å². The van der Waals surface area contributed by atoms with Gasteiger partial charge in [-0.2, -0.15) is 0 Å². The van der Waals surface area contributed by atoms with Gasteiger partial charge in [0.05, 0.1) is 16.8 Å². The maximum atomic E-state index is 14.3. The van der Waals surface area contributed by atoms with Crippen molar-refractivity contribution in [3.8, 4) is 10.4 Å². The lowest BCUT2D eigenvalue weighted by molar-refractivity contribution is 0.0285. The number of para-hydroxylation sites is 1. The van der Waals surface area contributed by atoms with Gasteiger partial charge in [0.25, 0.3) is 0 Å². The summed E-state index contributed by atoms with van der Waals surface area (Å²) >= 11 is 1.16. The van der Waals surface area contributed by atoms with E-state index in [-0.39, 0.29) is 10.2 Å². The summed E-state index contributed by atoms with van der Waals surface area (Å²) in [5.74, 6) is -0.542.